The van der Waals surface area contributed by atoms with Crippen LogP contribution < -0.4 is 11.0 Å². The molecule has 2 heterocycles. The van der Waals surface area contributed by atoms with E-state index in [0.29, 0.717) is 11.6 Å². The van der Waals surface area contributed by atoms with Crippen molar-refractivity contribution in [1.29, 1.82) is 0 Å². The van der Waals surface area contributed by atoms with Crippen LogP contribution in [0.5, 0.6) is 0 Å². The molecule has 0 bridgehead atoms. The largest absolute Gasteiger partial charge is 0.376 e. The van der Waals surface area contributed by atoms with Gasteiger partial charge in [0.25, 0.3) is 0 Å². The summed E-state index contributed by atoms with van der Waals surface area (Å²) in [6, 6.07) is 0. The number of nitrogens with zero attached hydrogens (tertiary/aromatic N) is 1. The normalized spacial score (nSPS) is 20.6. The molecule has 0 radical (unpaired) electrons. The van der Waals surface area contributed by atoms with Crippen LogP contribution in [0.1, 0.15) is 36.9 Å². The molecular formula is C15H21N3O3S. The number of nitrogens with one attached hydrogen (secondary N) is 2. The second-order valence-corrected chi connectivity index (χ2v) is 6.70. The van der Waals surface area contributed by atoms with Gasteiger partial charge >= 0.3 is 5.69 Å². The second kappa shape index (κ2) is 7.28. The van der Waals surface area contributed by atoms with Gasteiger partial charge in [0.2, 0.25) is 5.91 Å². The highest BCUT2D eigenvalue weighted by Crippen LogP contribution is 2.26. The zero-order valence-corrected chi connectivity index (χ0v) is 13.3. The number of hydrogen-bond acceptors (Lipinski definition) is 5. The summed E-state index contributed by atoms with van der Waals surface area (Å²) in [5.41, 5.74) is 1.79. The first-order valence-corrected chi connectivity index (χ1v) is 8.84. The Morgan fingerprint density at radius 2 is 2.23 bits per heavy atom. The predicted octanol–water partition coefficient (Wildman–Crippen LogP) is 1.04. The molecule has 7 heteroatoms. The number of aromatic amines is 1. The first-order chi connectivity index (χ1) is 10.7. The lowest BCUT2D eigenvalue weighted by atomic mass is 9.98. The van der Waals surface area contributed by atoms with E-state index in [1.165, 1.54) is 11.8 Å². The highest BCUT2D eigenvalue weighted by molar-refractivity contribution is 7.99. The van der Waals surface area contributed by atoms with E-state index in [1.807, 2.05) is 0 Å². The van der Waals surface area contributed by atoms with Gasteiger partial charge < -0.3 is 15.0 Å². The average Bonchev–Trinajstić information content (AvgIpc) is 3.04. The van der Waals surface area contributed by atoms with Crippen molar-refractivity contribution in [3.05, 3.63) is 21.7 Å². The van der Waals surface area contributed by atoms with E-state index < -0.39 is 0 Å². The van der Waals surface area contributed by atoms with E-state index in [4.69, 9.17) is 4.74 Å². The lowest BCUT2D eigenvalue weighted by molar-refractivity contribution is -0.119. The van der Waals surface area contributed by atoms with Crippen molar-refractivity contribution in [2.24, 2.45) is 0 Å². The molecule has 120 valence electrons. The van der Waals surface area contributed by atoms with Gasteiger partial charge in [0.05, 0.1) is 11.9 Å². The third kappa shape index (κ3) is 3.89. The lowest BCUT2D eigenvalue weighted by Gasteiger charge is -2.17. The molecule has 6 nitrogen and oxygen atoms in total. The molecule has 1 aromatic heterocycles. The smallest absolute Gasteiger partial charge is 0.346 e. The highest BCUT2D eigenvalue weighted by atomic mass is 32.2. The van der Waals surface area contributed by atoms with Crippen molar-refractivity contribution in [2.45, 2.75) is 49.7 Å². The van der Waals surface area contributed by atoms with Gasteiger partial charge in [-0.15, -0.1) is 0 Å². The Labute approximate surface area is 133 Å². The molecule has 3 rings (SSSR count). The standard InChI is InChI=1S/C15H21N3O3S/c19-13(16-8-10-4-3-7-21-10)9-22-14-11-5-1-2-6-12(11)17-15(20)18-14/h10H,1-9H2,(H,16,19)(H,17,18,20)/t10-/m1/s1. The number of amides is 1. The minimum Gasteiger partial charge on any atom is -0.376 e. The van der Waals surface area contributed by atoms with Crippen LogP contribution in [0.3, 0.4) is 0 Å². The molecular weight excluding hydrogens is 302 g/mol. The van der Waals surface area contributed by atoms with Crippen molar-refractivity contribution in [3.8, 4) is 0 Å². The maximum atomic E-state index is 11.9. The van der Waals surface area contributed by atoms with Gasteiger partial charge in [0, 0.05) is 24.4 Å². The summed E-state index contributed by atoms with van der Waals surface area (Å²) in [6.07, 6.45) is 6.26. The number of aromatic nitrogens is 2. The molecule has 0 unspecified atom stereocenters. The number of H-pyrrole nitrogens is 1. The van der Waals surface area contributed by atoms with Crippen LogP contribution in [0, 0.1) is 0 Å². The van der Waals surface area contributed by atoms with Crippen molar-refractivity contribution in [3.63, 3.8) is 0 Å². The van der Waals surface area contributed by atoms with Gasteiger partial charge in [-0.2, -0.15) is 4.98 Å². The number of hydrogen-bond donors (Lipinski definition) is 2. The van der Waals surface area contributed by atoms with E-state index in [1.54, 1.807) is 0 Å². The van der Waals surface area contributed by atoms with Gasteiger partial charge in [-0.25, -0.2) is 4.79 Å². The SMILES string of the molecule is O=C(CSc1nc(=O)[nH]c2c1CCCC2)NC[C@H]1CCCO1. The van der Waals surface area contributed by atoms with E-state index in [9.17, 15) is 9.59 Å². The molecule has 2 aliphatic rings. The number of aryl methyl sites for hydroxylation is 1. The summed E-state index contributed by atoms with van der Waals surface area (Å²) in [7, 11) is 0. The number of fused-ring (bicyclic) bond motifs is 1. The first-order valence-electron chi connectivity index (χ1n) is 7.85. The number of rotatable bonds is 5. The molecule has 1 saturated heterocycles. The summed E-state index contributed by atoms with van der Waals surface area (Å²) in [5.74, 6) is 0.252. The molecule has 1 aliphatic heterocycles. The Balaban J connectivity index is 1.55. The lowest BCUT2D eigenvalue weighted by Crippen LogP contribution is -2.33. The molecule has 0 spiro atoms. The summed E-state index contributed by atoms with van der Waals surface area (Å²) in [4.78, 5) is 30.4. The molecule has 0 aromatic carbocycles. The van der Waals surface area contributed by atoms with Gasteiger partial charge in [-0.05, 0) is 38.5 Å². The van der Waals surface area contributed by atoms with Crippen molar-refractivity contribution in [1.82, 2.24) is 15.3 Å². The van der Waals surface area contributed by atoms with Crippen molar-refractivity contribution < 1.29 is 9.53 Å². The summed E-state index contributed by atoms with van der Waals surface area (Å²) in [5, 5.41) is 3.60. The van der Waals surface area contributed by atoms with Crippen molar-refractivity contribution >= 4 is 17.7 Å². The number of carbonyl (C=O) groups is 1. The molecule has 1 aliphatic carbocycles. The molecule has 1 fully saturated rings. The van der Waals surface area contributed by atoms with Gasteiger partial charge in [0.15, 0.2) is 0 Å². The minimum atomic E-state index is -0.317. The number of carbonyl (C=O) groups excluding carboxylic acids is 1. The third-order valence-corrected chi connectivity index (χ3v) is 5.10. The van der Waals surface area contributed by atoms with Crippen LogP contribution >= 0.6 is 11.8 Å². The maximum Gasteiger partial charge on any atom is 0.346 e. The number of ether oxygens (including phenoxy) is 1. The predicted molar refractivity (Wildman–Crippen MR) is 84.2 cm³/mol. The Kier molecular flexibility index (Phi) is 5.15. The zero-order chi connectivity index (χ0) is 15.4. The van der Waals surface area contributed by atoms with Crippen LogP contribution in [-0.4, -0.2) is 40.9 Å². The fraction of sp³-hybridized carbons (Fsp3) is 0.667. The van der Waals surface area contributed by atoms with Gasteiger partial charge in [-0.3, -0.25) is 4.79 Å². The fourth-order valence-electron chi connectivity index (χ4n) is 2.93. The molecule has 1 aromatic rings. The van der Waals surface area contributed by atoms with E-state index >= 15 is 0 Å². The zero-order valence-electron chi connectivity index (χ0n) is 12.5. The average molecular weight is 323 g/mol. The second-order valence-electron chi connectivity index (χ2n) is 5.74. The Hall–Kier alpha value is -1.34. The van der Waals surface area contributed by atoms with Crippen LogP contribution in [0.2, 0.25) is 0 Å². The quantitative estimate of drug-likeness (QED) is 0.625. The Bertz CT molecular complexity index is 596. The summed E-state index contributed by atoms with van der Waals surface area (Å²) in [6.45, 7) is 1.36. The Morgan fingerprint density at radius 3 is 3.05 bits per heavy atom. The monoisotopic (exact) mass is 323 g/mol. The van der Waals surface area contributed by atoms with Crippen LogP contribution in [0.25, 0.3) is 0 Å². The van der Waals surface area contributed by atoms with E-state index in [-0.39, 0.29) is 23.5 Å². The van der Waals surface area contributed by atoms with Crippen LogP contribution in [-0.2, 0) is 22.4 Å². The highest BCUT2D eigenvalue weighted by Gasteiger charge is 2.19. The van der Waals surface area contributed by atoms with Gasteiger partial charge in [0.1, 0.15) is 5.03 Å². The fourth-order valence-corrected chi connectivity index (χ4v) is 3.85. The van der Waals surface area contributed by atoms with Crippen molar-refractivity contribution in [2.75, 3.05) is 18.9 Å². The van der Waals surface area contributed by atoms with Crippen LogP contribution in [0.15, 0.2) is 9.82 Å². The van der Waals surface area contributed by atoms with E-state index in [2.05, 4.69) is 15.3 Å². The topological polar surface area (TPSA) is 84.1 Å². The third-order valence-electron chi connectivity index (χ3n) is 4.08. The Morgan fingerprint density at radius 1 is 1.36 bits per heavy atom. The van der Waals surface area contributed by atoms with E-state index in [0.717, 1.165) is 56.4 Å². The molecule has 22 heavy (non-hydrogen) atoms. The van der Waals surface area contributed by atoms with Gasteiger partial charge in [-0.1, -0.05) is 11.8 Å². The summed E-state index contributed by atoms with van der Waals surface area (Å²) < 4.78 is 5.48. The molecule has 1 amide bonds. The summed E-state index contributed by atoms with van der Waals surface area (Å²) >= 11 is 1.36. The number of thioether (sulfide) groups is 1. The molecule has 1 atom stereocenters. The van der Waals surface area contributed by atoms with Crippen LogP contribution in [0.4, 0.5) is 0 Å². The minimum absolute atomic E-state index is 0.0351. The maximum absolute atomic E-state index is 11.9. The molecule has 0 saturated carbocycles. The first kappa shape index (κ1) is 15.6. The molecule has 2 N–H and O–H groups in total.